The highest BCUT2D eigenvalue weighted by molar-refractivity contribution is 9.10. The van der Waals surface area contributed by atoms with Crippen LogP contribution in [0.15, 0.2) is 88.2 Å². The van der Waals surface area contributed by atoms with Gasteiger partial charge in [0.05, 0.1) is 5.75 Å². The largest absolute Gasteiger partial charge is 0.352 e. The maximum atomic E-state index is 13.7. The van der Waals surface area contributed by atoms with Crippen molar-refractivity contribution in [3.63, 3.8) is 0 Å². The smallest absolute Gasteiger partial charge is 0.243 e. The maximum Gasteiger partial charge on any atom is 0.243 e. The quantitative estimate of drug-likeness (QED) is 0.264. The summed E-state index contributed by atoms with van der Waals surface area (Å²) in [6, 6.07) is 24.9. The van der Waals surface area contributed by atoms with E-state index in [1.54, 1.807) is 4.90 Å². The molecule has 36 heavy (non-hydrogen) atoms. The van der Waals surface area contributed by atoms with Gasteiger partial charge >= 0.3 is 0 Å². The van der Waals surface area contributed by atoms with E-state index in [2.05, 4.69) is 21.2 Å². The van der Waals surface area contributed by atoms with Crippen LogP contribution in [-0.4, -0.2) is 34.6 Å². The number of rotatable bonds is 10. The molecule has 1 aliphatic carbocycles. The molecule has 0 bridgehead atoms. The summed E-state index contributed by atoms with van der Waals surface area (Å²) in [7, 11) is 0. The fourth-order valence-electron chi connectivity index (χ4n) is 4.51. The van der Waals surface area contributed by atoms with Crippen LogP contribution in [0.1, 0.15) is 36.8 Å². The van der Waals surface area contributed by atoms with Gasteiger partial charge < -0.3 is 10.2 Å². The molecule has 1 aliphatic rings. The predicted octanol–water partition coefficient (Wildman–Crippen LogP) is 6.89. The molecular formula is C29H30BrClN2O2S. The number of benzene rings is 3. The van der Waals surface area contributed by atoms with E-state index in [0.29, 0.717) is 18.0 Å². The normalized spacial score (nSPS) is 14.4. The van der Waals surface area contributed by atoms with Crippen molar-refractivity contribution in [2.45, 2.75) is 55.6 Å². The van der Waals surface area contributed by atoms with Crippen LogP contribution in [0.4, 0.5) is 0 Å². The number of carbonyl (C=O) groups excluding carboxylic acids is 2. The van der Waals surface area contributed by atoms with E-state index in [4.69, 9.17) is 11.6 Å². The van der Waals surface area contributed by atoms with Crippen LogP contribution in [0.3, 0.4) is 0 Å². The molecule has 188 valence electrons. The van der Waals surface area contributed by atoms with Crippen molar-refractivity contribution in [2.75, 3.05) is 5.75 Å². The molecule has 0 saturated heterocycles. The van der Waals surface area contributed by atoms with E-state index < -0.39 is 6.04 Å². The van der Waals surface area contributed by atoms with Crippen molar-refractivity contribution in [1.29, 1.82) is 0 Å². The average Bonchev–Trinajstić information content (AvgIpc) is 3.39. The minimum Gasteiger partial charge on any atom is -0.352 e. The van der Waals surface area contributed by atoms with Crippen molar-refractivity contribution >= 4 is 51.1 Å². The van der Waals surface area contributed by atoms with Crippen LogP contribution in [0.5, 0.6) is 0 Å². The topological polar surface area (TPSA) is 49.4 Å². The molecule has 0 aromatic heterocycles. The first-order valence-electron chi connectivity index (χ1n) is 12.2. The number of amides is 2. The molecule has 0 spiro atoms. The molecule has 1 N–H and O–H groups in total. The van der Waals surface area contributed by atoms with E-state index in [0.717, 1.165) is 46.2 Å². The lowest BCUT2D eigenvalue weighted by Gasteiger charge is -2.32. The third-order valence-electron chi connectivity index (χ3n) is 6.39. The Bertz CT molecular complexity index is 1150. The van der Waals surface area contributed by atoms with Gasteiger partial charge in [-0.15, -0.1) is 11.8 Å². The maximum absolute atomic E-state index is 13.7. The molecule has 0 radical (unpaired) electrons. The van der Waals surface area contributed by atoms with Gasteiger partial charge in [0.25, 0.3) is 0 Å². The fourth-order valence-corrected chi connectivity index (χ4v) is 5.87. The standard InChI is InChI=1S/C29H30BrClN2O2S/c30-23-10-6-9-22(17-23)19-33(28(34)20-36-26-15-13-24(31)14-16-26)27(18-21-7-2-1-3-8-21)29(35)32-25-11-4-5-12-25/h1-3,6-10,13-17,25,27H,4-5,11-12,18-20H2,(H,32,35). The Morgan fingerprint density at radius 3 is 2.36 bits per heavy atom. The molecule has 0 aliphatic heterocycles. The van der Waals surface area contributed by atoms with Gasteiger partial charge in [0.1, 0.15) is 6.04 Å². The van der Waals surface area contributed by atoms with Gasteiger partial charge in [-0.25, -0.2) is 0 Å². The molecule has 2 amide bonds. The van der Waals surface area contributed by atoms with Crippen LogP contribution in [0, 0.1) is 0 Å². The zero-order valence-electron chi connectivity index (χ0n) is 20.0. The highest BCUT2D eigenvalue weighted by Crippen LogP contribution is 2.24. The van der Waals surface area contributed by atoms with Gasteiger partial charge in [0, 0.05) is 33.4 Å². The van der Waals surface area contributed by atoms with Crippen LogP contribution >= 0.6 is 39.3 Å². The molecule has 1 fully saturated rings. The number of nitrogens with one attached hydrogen (secondary N) is 1. The molecule has 1 unspecified atom stereocenters. The molecule has 1 atom stereocenters. The molecule has 7 heteroatoms. The summed E-state index contributed by atoms with van der Waals surface area (Å²) < 4.78 is 0.943. The van der Waals surface area contributed by atoms with Crippen LogP contribution in [-0.2, 0) is 22.6 Å². The lowest BCUT2D eigenvalue weighted by atomic mass is 10.0. The number of carbonyl (C=O) groups is 2. The van der Waals surface area contributed by atoms with Gasteiger partial charge in [-0.1, -0.05) is 82.8 Å². The minimum absolute atomic E-state index is 0.0718. The molecule has 1 saturated carbocycles. The fraction of sp³-hybridized carbons (Fsp3) is 0.310. The Hall–Kier alpha value is -2.28. The van der Waals surface area contributed by atoms with E-state index in [1.165, 1.54) is 11.8 Å². The average molecular weight is 586 g/mol. The second-order valence-electron chi connectivity index (χ2n) is 9.09. The van der Waals surface area contributed by atoms with Crippen molar-refractivity contribution < 1.29 is 9.59 Å². The second-order valence-corrected chi connectivity index (χ2v) is 11.5. The molecule has 4 rings (SSSR count). The number of hydrogen-bond donors (Lipinski definition) is 1. The summed E-state index contributed by atoms with van der Waals surface area (Å²) in [5.74, 6) is 0.0838. The number of nitrogens with zero attached hydrogens (tertiary/aromatic N) is 1. The third kappa shape index (κ3) is 7.86. The van der Waals surface area contributed by atoms with Gasteiger partial charge in [-0.2, -0.15) is 0 Å². The highest BCUT2D eigenvalue weighted by Gasteiger charge is 2.32. The van der Waals surface area contributed by atoms with Crippen LogP contribution < -0.4 is 5.32 Å². The third-order valence-corrected chi connectivity index (χ3v) is 8.13. The Labute approximate surface area is 230 Å². The molecule has 4 nitrogen and oxygen atoms in total. The molecule has 3 aromatic rings. The Morgan fingerprint density at radius 1 is 0.972 bits per heavy atom. The van der Waals surface area contributed by atoms with Gasteiger partial charge in [0.15, 0.2) is 0 Å². The highest BCUT2D eigenvalue weighted by atomic mass is 79.9. The Morgan fingerprint density at radius 2 is 1.67 bits per heavy atom. The van der Waals surface area contributed by atoms with Crippen molar-refractivity contribution in [2.24, 2.45) is 0 Å². The summed E-state index contributed by atoms with van der Waals surface area (Å²) in [5, 5.41) is 3.91. The second kappa shape index (κ2) is 13.3. The van der Waals surface area contributed by atoms with Crippen LogP contribution in [0.25, 0.3) is 0 Å². The summed E-state index contributed by atoms with van der Waals surface area (Å²) >= 11 is 11.0. The first-order valence-corrected chi connectivity index (χ1v) is 14.4. The van der Waals surface area contributed by atoms with Crippen molar-refractivity contribution in [1.82, 2.24) is 10.2 Å². The summed E-state index contributed by atoms with van der Waals surface area (Å²) in [6.45, 7) is 0.356. The molecule has 3 aromatic carbocycles. The van der Waals surface area contributed by atoms with Crippen molar-refractivity contribution in [3.05, 3.63) is 99.5 Å². The number of hydrogen-bond acceptors (Lipinski definition) is 3. The summed E-state index contributed by atoms with van der Waals surface area (Å²) in [5.41, 5.74) is 2.00. The van der Waals surface area contributed by atoms with Gasteiger partial charge in [0.2, 0.25) is 11.8 Å². The Kier molecular flexibility index (Phi) is 9.90. The number of halogens is 2. The lowest BCUT2D eigenvalue weighted by Crippen LogP contribution is -2.52. The Balaban J connectivity index is 1.60. The van der Waals surface area contributed by atoms with Crippen molar-refractivity contribution in [3.8, 4) is 0 Å². The first-order chi connectivity index (χ1) is 17.5. The minimum atomic E-state index is -0.606. The predicted molar refractivity (Wildman–Crippen MR) is 151 cm³/mol. The summed E-state index contributed by atoms with van der Waals surface area (Å²) in [6.07, 6.45) is 4.72. The van der Waals surface area contributed by atoms with E-state index in [9.17, 15) is 9.59 Å². The first kappa shape index (κ1) is 26.8. The number of thioether (sulfide) groups is 1. The zero-order valence-corrected chi connectivity index (χ0v) is 23.2. The van der Waals surface area contributed by atoms with E-state index >= 15 is 0 Å². The molecular weight excluding hydrogens is 556 g/mol. The van der Waals surface area contributed by atoms with E-state index in [-0.39, 0.29) is 23.6 Å². The summed E-state index contributed by atoms with van der Waals surface area (Å²) in [4.78, 5) is 30.1. The molecule has 0 heterocycles. The van der Waals surface area contributed by atoms with E-state index in [1.807, 2.05) is 78.9 Å². The lowest BCUT2D eigenvalue weighted by molar-refractivity contribution is -0.139. The van der Waals surface area contributed by atoms with Crippen LogP contribution in [0.2, 0.25) is 5.02 Å². The zero-order chi connectivity index (χ0) is 25.3. The monoisotopic (exact) mass is 584 g/mol. The van der Waals surface area contributed by atoms with Gasteiger partial charge in [-0.3, -0.25) is 9.59 Å². The van der Waals surface area contributed by atoms with Gasteiger partial charge in [-0.05, 0) is 60.4 Å². The SMILES string of the molecule is O=C(NC1CCCC1)C(Cc1ccccc1)N(Cc1cccc(Br)c1)C(=O)CSc1ccc(Cl)cc1.